The van der Waals surface area contributed by atoms with Crippen molar-refractivity contribution < 1.29 is 4.42 Å². The van der Waals surface area contributed by atoms with Gasteiger partial charge < -0.3 is 4.42 Å². The standard InChI is InChI=1S/C50H30O/c1-2-13-34-28-35(21-20-31(34)10-1)36-23-25-43-46(29-36)48(37-24-27-47-45(30-37)44-26-22-33-12-4-6-16-39(33)50(44)51-47)41-17-7-8-18-42(41)49(43)40-19-9-14-32-11-3-5-15-38(32)40/h1-30H. The summed E-state index contributed by atoms with van der Waals surface area (Å²) in [4.78, 5) is 0. The first kappa shape index (κ1) is 28.2. The zero-order valence-corrected chi connectivity index (χ0v) is 27.7. The average molecular weight is 647 g/mol. The van der Waals surface area contributed by atoms with E-state index in [0.29, 0.717) is 0 Å². The molecule has 1 heteroatoms. The first-order valence-electron chi connectivity index (χ1n) is 17.6. The summed E-state index contributed by atoms with van der Waals surface area (Å²) in [6.07, 6.45) is 0. The van der Waals surface area contributed by atoms with E-state index in [1.54, 1.807) is 0 Å². The van der Waals surface area contributed by atoms with Crippen LogP contribution >= 0.6 is 0 Å². The summed E-state index contributed by atoms with van der Waals surface area (Å²) in [5, 5.41) is 14.6. The molecule has 1 heterocycles. The maximum atomic E-state index is 6.56. The third-order valence-electron chi connectivity index (χ3n) is 10.8. The highest BCUT2D eigenvalue weighted by atomic mass is 16.3. The lowest BCUT2D eigenvalue weighted by Gasteiger charge is -2.20. The molecule has 0 aliphatic rings. The predicted octanol–water partition coefficient (Wildman–Crippen LogP) is 14.4. The Labute approximate surface area is 294 Å². The van der Waals surface area contributed by atoms with Gasteiger partial charge in [0.25, 0.3) is 0 Å². The largest absolute Gasteiger partial charge is 0.455 e. The Hall–Kier alpha value is -6.70. The van der Waals surface area contributed by atoms with Gasteiger partial charge in [0, 0.05) is 16.2 Å². The number of benzene rings is 10. The van der Waals surface area contributed by atoms with Gasteiger partial charge in [0.15, 0.2) is 0 Å². The summed E-state index contributed by atoms with van der Waals surface area (Å²) >= 11 is 0. The SMILES string of the molecule is c1ccc2cc(-c3ccc4c(-c5cccc6ccccc56)c5ccccc5c(-c5ccc6oc7c8ccccc8ccc7c6c5)c4c3)ccc2c1. The molecule has 11 aromatic rings. The van der Waals surface area contributed by atoms with Crippen molar-refractivity contribution in [1.29, 1.82) is 0 Å². The van der Waals surface area contributed by atoms with Crippen molar-refractivity contribution in [2.75, 3.05) is 0 Å². The van der Waals surface area contributed by atoms with Crippen LogP contribution in [0.5, 0.6) is 0 Å². The number of furan rings is 1. The molecular formula is C50H30O. The molecule has 0 unspecified atom stereocenters. The van der Waals surface area contributed by atoms with Crippen molar-refractivity contribution in [2.24, 2.45) is 0 Å². The van der Waals surface area contributed by atoms with Crippen LogP contribution in [-0.4, -0.2) is 0 Å². The fourth-order valence-corrected chi connectivity index (χ4v) is 8.43. The molecule has 0 atom stereocenters. The van der Waals surface area contributed by atoms with Crippen molar-refractivity contribution in [3.05, 3.63) is 182 Å². The summed E-state index contributed by atoms with van der Waals surface area (Å²) in [5.41, 5.74) is 9.21. The van der Waals surface area contributed by atoms with Crippen molar-refractivity contribution in [1.82, 2.24) is 0 Å². The van der Waals surface area contributed by atoms with Crippen LogP contribution in [0.25, 0.3) is 109 Å². The summed E-state index contributed by atoms with van der Waals surface area (Å²) in [5.74, 6) is 0. The first-order valence-corrected chi connectivity index (χ1v) is 17.6. The van der Waals surface area contributed by atoms with Crippen LogP contribution in [-0.2, 0) is 0 Å². The normalized spacial score (nSPS) is 11.9. The molecule has 0 bridgehead atoms. The molecule has 236 valence electrons. The Kier molecular flexibility index (Phi) is 6.02. The topological polar surface area (TPSA) is 13.1 Å². The van der Waals surface area contributed by atoms with E-state index >= 15 is 0 Å². The third kappa shape index (κ3) is 4.28. The van der Waals surface area contributed by atoms with Crippen molar-refractivity contribution in [2.45, 2.75) is 0 Å². The van der Waals surface area contributed by atoms with Gasteiger partial charge in [-0.25, -0.2) is 0 Å². The third-order valence-corrected chi connectivity index (χ3v) is 10.8. The molecule has 51 heavy (non-hydrogen) atoms. The van der Waals surface area contributed by atoms with E-state index in [-0.39, 0.29) is 0 Å². The Morgan fingerprint density at radius 1 is 0.275 bits per heavy atom. The number of rotatable bonds is 3. The highest BCUT2D eigenvalue weighted by Crippen LogP contribution is 2.47. The highest BCUT2D eigenvalue weighted by molar-refractivity contribution is 6.25. The van der Waals surface area contributed by atoms with E-state index < -0.39 is 0 Å². The van der Waals surface area contributed by atoms with Crippen molar-refractivity contribution >= 4 is 75.8 Å². The Morgan fingerprint density at radius 3 is 1.67 bits per heavy atom. The molecule has 11 rings (SSSR count). The highest BCUT2D eigenvalue weighted by Gasteiger charge is 2.20. The summed E-state index contributed by atoms with van der Waals surface area (Å²) in [6, 6.07) is 66.5. The average Bonchev–Trinajstić information content (AvgIpc) is 3.58. The molecule has 0 amide bonds. The van der Waals surface area contributed by atoms with Crippen LogP contribution in [0.4, 0.5) is 0 Å². The summed E-state index contributed by atoms with van der Waals surface area (Å²) < 4.78 is 6.56. The van der Waals surface area contributed by atoms with Crippen LogP contribution in [0, 0.1) is 0 Å². The lowest BCUT2D eigenvalue weighted by atomic mass is 9.83. The molecule has 0 N–H and O–H groups in total. The molecule has 0 aliphatic heterocycles. The van der Waals surface area contributed by atoms with Gasteiger partial charge in [-0.1, -0.05) is 152 Å². The second kappa shape index (κ2) is 10.9. The van der Waals surface area contributed by atoms with E-state index in [2.05, 4.69) is 182 Å². The molecular weight excluding hydrogens is 617 g/mol. The monoisotopic (exact) mass is 646 g/mol. The molecule has 0 saturated heterocycles. The minimum Gasteiger partial charge on any atom is -0.455 e. The van der Waals surface area contributed by atoms with Gasteiger partial charge in [-0.05, 0) is 112 Å². The molecule has 0 saturated carbocycles. The fourth-order valence-electron chi connectivity index (χ4n) is 8.43. The minimum absolute atomic E-state index is 0.906. The molecule has 0 radical (unpaired) electrons. The number of fused-ring (bicyclic) bond motifs is 9. The summed E-state index contributed by atoms with van der Waals surface area (Å²) in [7, 11) is 0. The molecule has 1 aromatic heterocycles. The van der Waals surface area contributed by atoms with Crippen LogP contribution in [0.1, 0.15) is 0 Å². The maximum Gasteiger partial charge on any atom is 0.143 e. The molecule has 1 nitrogen and oxygen atoms in total. The van der Waals surface area contributed by atoms with Crippen molar-refractivity contribution in [3.63, 3.8) is 0 Å². The van der Waals surface area contributed by atoms with Gasteiger partial charge in [-0.3, -0.25) is 0 Å². The Morgan fingerprint density at radius 2 is 0.824 bits per heavy atom. The summed E-state index contributed by atoms with van der Waals surface area (Å²) in [6.45, 7) is 0. The van der Waals surface area contributed by atoms with Crippen LogP contribution in [0.15, 0.2) is 186 Å². The van der Waals surface area contributed by atoms with Gasteiger partial charge in [-0.2, -0.15) is 0 Å². The van der Waals surface area contributed by atoms with E-state index in [4.69, 9.17) is 4.42 Å². The number of hydrogen-bond donors (Lipinski definition) is 0. The lowest BCUT2D eigenvalue weighted by molar-refractivity contribution is 0.672. The molecule has 10 aromatic carbocycles. The number of hydrogen-bond acceptors (Lipinski definition) is 1. The Balaban J connectivity index is 1.25. The lowest BCUT2D eigenvalue weighted by Crippen LogP contribution is -1.92. The quantitative estimate of drug-likeness (QED) is 0.174. The molecule has 0 aliphatic carbocycles. The maximum absolute atomic E-state index is 6.56. The Bertz CT molecular complexity index is 3190. The predicted molar refractivity (Wildman–Crippen MR) is 218 cm³/mol. The van der Waals surface area contributed by atoms with Crippen molar-refractivity contribution in [3.8, 4) is 33.4 Å². The van der Waals surface area contributed by atoms with E-state index in [1.165, 1.54) is 81.9 Å². The smallest absolute Gasteiger partial charge is 0.143 e. The zero-order valence-electron chi connectivity index (χ0n) is 27.7. The van der Waals surface area contributed by atoms with Gasteiger partial charge in [0.05, 0.1) is 0 Å². The minimum atomic E-state index is 0.906. The van der Waals surface area contributed by atoms with Gasteiger partial charge in [0.2, 0.25) is 0 Å². The van der Waals surface area contributed by atoms with Crippen LogP contribution in [0.3, 0.4) is 0 Å². The second-order valence-electron chi connectivity index (χ2n) is 13.6. The van der Waals surface area contributed by atoms with Crippen LogP contribution in [0.2, 0.25) is 0 Å². The van der Waals surface area contributed by atoms with E-state index in [0.717, 1.165) is 27.3 Å². The van der Waals surface area contributed by atoms with Gasteiger partial charge in [-0.15, -0.1) is 0 Å². The fraction of sp³-hybridized carbons (Fsp3) is 0. The van der Waals surface area contributed by atoms with Crippen LogP contribution < -0.4 is 0 Å². The van der Waals surface area contributed by atoms with E-state index in [9.17, 15) is 0 Å². The second-order valence-corrected chi connectivity index (χ2v) is 13.6. The zero-order chi connectivity index (χ0) is 33.5. The van der Waals surface area contributed by atoms with Gasteiger partial charge in [0.1, 0.15) is 11.2 Å². The van der Waals surface area contributed by atoms with Gasteiger partial charge >= 0.3 is 0 Å². The van der Waals surface area contributed by atoms with E-state index in [1.807, 2.05) is 0 Å². The molecule has 0 spiro atoms. The first-order chi connectivity index (χ1) is 25.3. The molecule has 0 fully saturated rings.